The Labute approximate surface area is 196 Å². The van der Waals surface area contributed by atoms with Crippen LogP contribution in [0.2, 0.25) is 0 Å². The molecule has 2 fully saturated rings. The monoisotopic (exact) mass is 451 g/mol. The lowest BCUT2D eigenvalue weighted by molar-refractivity contribution is 0.0917. The van der Waals surface area contributed by atoms with Gasteiger partial charge in [-0.3, -0.25) is 20.5 Å². The third-order valence-electron chi connectivity index (χ3n) is 7.30. The molecular formula is C26H34FN5O. The van der Waals surface area contributed by atoms with E-state index < -0.39 is 17.3 Å². The largest absolute Gasteiger partial charge is 0.343 e. The number of hydrogen-bond acceptors (Lipinski definition) is 4. The van der Waals surface area contributed by atoms with Crippen molar-refractivity contribution in [3.05, 3.63) is 58.4 Å². The van der Waals surface area contributed by atoms with Crippen molar-refractivity contribution in [2.75, 3.05) is 13.1 Å². The minimum atomic E-state index is -0.728. The van der Waals surface area contributed by atoms with Crippen molar-refractivity contribution < 1.29 is 10.6 Å². The van der Waals surface area contributed by atoms with Crippen LogP contribution in [-0.2, 0) is 13.0 Å². The third kappa shape index (κ3) is 4.51. The van der Waals surface area contributed by atoms with Crippen LogP contribution < -0.4 is 5.32 Å². The van der Waals surface area contributed by atoms with Crippen molar-refractivity contribution in [2.45, 2.75) is 70.0 Å². The number of nitrogens with one attached hydrogen (secondary N) is 3. The van der Waals surface area contributed by atoms with Crippen molar-refractivity contribution in [1.82, 2.24) is 15.1 Å². The highest BCUT2D eigenvalue weighted by Gasteiger charge is 2.34. The molecule has 3 N–H and O–H groups in total. The van der Waals surface area contributed by atoms with Crippen LogP contribution in [0.4, 0.5) is 4.39 Å². The number of fused-ring (bicyclic) bond motifs is 1. The molecule has 33 heavy (non-hydrogen) atoms. The van der Waals surface area contributed by atoms with E-state index in [1.54, 1.807) is 11.0 Å². The molecule has 1 unspecified atom stereocenters. The molecule has 0 aromatic heterocycles. The fraction of sp³-hybridized carbons (Fsp3) is 0.500. The number of carbonyl (C=O) groups excluding carboxylic acids is 1. The number of benzene rings is 1. The topological polar surface area (TPSA) is 83.3 Å². The zero-order chi connectivity index (χ0) is 23.2. The number of piperidine rings is 1. The summed E-state index contributed by atoms with van der Waals surface area (Å²) < 4.78 is 14.9. The van der Waals surface area contributed by atoms with Crippen LogP contribution in [0.1, 0.15) is 68.4 Å². The van der Waals surface area contributed by atoms with Gasteiger partial charge >= 0.3 is 0 Å². The Bertz CT molecular complexity index is 1080. The third-order valence-corrected chi connectivity index (χ3v) is 7.30. The molecule has 1 atom stereocenters. The molecule has 0 radical (unpaired) electrons. The van der Waals surface area contributed by atoms with E-state index in [0.29, 0.717) is 37.1 Å². The molecule has 2 heterocycles. The Balaban J connectivity index is 0.00000274. The van der Waals surface area contributed by atoms with Gasteiger partial charge in [-0.15, -0.1) is 0 Å². The lowest BCUT2D eigenvalue weighted by Gasteiger charge is -2.35. The van der Waals surface area contributed by atoms with Crippen LogP contribution >= 0.6 is 0 Å². The van der Waals surface area contributed by atoms with Gasteiger partial charge in [-0.05, 0) is 67.9 Å². The normalized spacial score (nSPS) is 25.5. The summed E-state index contributed by atoms with van der Waals surface area (Å²) in [6.45, 7) is 4.32. The average molecular weight is 452 g/mol. The summed E-state index contributed by atoms with van der Waals surface area (Å²) in [7, 11) is 0. The first-order chi connectivity index (χ1) is 15.8. The first-order valence-electron chi connectivity index (χ1n) is 12.0. The highest BCUT2D eigenvalue weighted by Crippen LogP contribution is 2.33. The van der Waals surface area contributed by atoms with Gasteiger partial charge in [0.05, 0.1) is 11.1 Å². The van der Waals surface area contributed by atoms with Gasteiger partial charge < -0.3 is 10.2 Å². The Kier molecular flexibility index (Phi) is 5.69. The van der Waals surface area contributed by atoms with Crippen LogP contribution in [0.5, 0.6) is 0 Å². The minimum Gasteiger partial charge on any atom is -0.343 e. The number of amidine groups is 2. The molecule has 176 valence electrons. The van der Waals surface area contributed by atoms with E-state index >= 15 is 0 Å². The highest BCUT2D eigenvalue weighted by atomic mass is 19.1. The molecular weight excluding hydrogens is 417 g/mol. The van der Waals surface area contributed by atoms with Gasteiger partial charge in [0.2, 0.25) is 0 Å². The van der Waals surface area contributed by atoms with Gasteiger partial charge in [0.15, 0.2) is 0 Å². The summed E-state index contributed by atoms with van der Waals surface area (Å²) in [4.78, 5) is 17.4. The molecule has 5 rings (SSSR count). The molecule has 4 aliphatic rings. The minimum absolute atomic E-state index is 0. The van der Waals surface area contributed by atoms with Gasteiger partial charge in [-0.1, -0.05) is 18.2 Å². The number of hydrogen-bond donors (Lipinski definition) is 3. The number of nitrogens with zero attached hydrogens (tertiary/aromatic N) is 2. The Morgan fingerprint density at radius 2 is 2.03 bits per heavy atom. The standard InChI is InChI=1S/C26H32FN5O.H2/c1-26(10-4-5-18(15-26)24(29)32-11-3-2-6-23(32)28)30-25(33)21-13-19-16-31(20-7-8-20)12-9-17(19)14-22(21)27;/h4-5,10,13-14,20,28-29H,2-3,6-9,11-12,15-16H2,1H3,(H,30,33);1H. The second-order valence-electron chi connectivity index (χ2n) is 10.1. The lowest BCUT2D eigenvalue weighted by Crippen LogP contribution is -2.48. The molecule has 1 aromatic carbocycles. The fourth-order valence-corrected chi connectivity index (χ4v) is 5.24. The van der Waals surface area contributed by atoms with E-state index in [0.717, 1.165) is 49.1 Å². The van der Waals surface area contributed by atoms with E-state index in [1.807, 2.05) is 25.2 Å². The van der Waals surface area contributed by atoms with Crippen molar-refractivity contribution in [3.8, 4) is 0 Å². The number of allylic oxidation sites excluding steroid dienone is 2. The Morgan fingerprint density at radius 3 is 2.79 bits per heavy atom. The van der Waals surface area contributed by atoms with Gasteiger partial charge in [0, 0.05) is 39.9 Å². The van der Waals surface area contributed by atoms with Gasteiger partial charge in [-0.2, -0.15) is 0 Å². The van der Waals surface area contributed by atoms with E-state index in [2.05, 4.69) is 10.2 Å². The smallest absolute Gasteiger partial charge is 0.254 e. The van der Waals surface area contributed by atoms with Gasteiger partial charge in [0.1, 0.15) is 17.5 Å². The number of amides is 1. The second-order valence-corrected chi connectivity index (χ2v) is 10.1. The van der Waals surface area contributed by atoms with Gasteiger partial charge in [0.25, 0.3) is 5.91 Å². The Hall–Kier alpha value is -2.80. The first kappa shape index (κ1) is 22.0. The molecule has 0 spiro atoms. The number of rotatable bonds is 4. The van der Waals surface area contributed by atoms with E-state index in [1.165, 1.54) is 18.9 Å². The summed E-state index contributed by atoms with van der Waals surface area (Å²) >= 11 is 0. The predicted molar refractivity (Wildman–Crippen MR) is 129 cm³/mol. The quantitative estimate of drug-likeness (QED) is 0.468. The van der Waals surface area contributed by atoms with E-state index in [-0.39, 0.29) is 6.99 Å². The fourth-order valence-electron chi connectivity index (χ4n) is 5.24. The van der Waals surface area contributed by atoms with Gasteiger partial charge in [-0.25, -0.2) is 4.39 Å². The first-order valence-corrected chi connectivity index (χ1v) is 12.0. The summed E-state index contributed by atoms with van der Waals surface area (Å²) in [5, 5.41) is 19.8. The number of likely N-dealkylation sites (tertiary alicyclic amines) is 1. The van der Waals surface area contributed by atoms with Crippen molar-refractivity contribution in [2.24, 2.45) is 0 Å². The molecule has 1 saturated heterocycles. The maximum absolute atomic E-state index is 14.9. The van der Waals surface area contributed by atoms with Crippen LogP contribution in [0.3, 0.4) is 0 Å². The van der Waals surface area contributed by atoms with Crippen LogP contribution in [0, 0.1) is 16.6 Å². The second kappa shape index (κ2) is 8.52. The molecule has 6 nitrogen and oxygen atoms in total. The lowest BCUT2D eigenvalue weighted by atomic mass is 9.86. The summed E-state index contributed by atoms with van der Waals surface area (Å²) in [5.74, 6) is -0.0993. The molecule has 2 aliphatic carbocycles. The van der Waals surface area contributed by atoms with E-state index in [9.17, 15) is 9.18 Å². The highest BCUT2D eigenvalue weighted by molar-refractivity contribution is 6.07. The zero-order valence-electron chi connectivity index (χ0n) is 19.2. The number of halogens is 1. The van der Waals surface area contributed by atoms with Crippen molar-refractivity contribution in [3.63, 3.8) is 0 Å². The van der Waals surface area contributed by atoms with E-state index in [4.69, 9.17) is 10.8 Å². The molecule has 1 amide bonds. The number of carbonyl (C=O) groups is 1. The maximum atomic E-state index is 14.9. The van der Waals surface area contributed by atoms with Crippen molar-refractivity contribution >= 4 is 17.6 Å². The summed E-state index contributed by atoms with van der Waals surface area (Å²) in [5.41, 5.74) is 2.19. The zero-order valence-corrected chi connectivity index (χ0v) is 19.2. The SMILES string of the molecule is CC1(NC(=O)c2cc3c(cc2F)CCN(C2CC2)C3)C=CC=C(C(=N)N2CCCCC2=N)C1.[HH]. The van der Waals surface area contributed by atoms with Crippen LogP contribution in [-0.4, -0.2) is 52.0 Å². The molecule has 7 heteroatoms. The summed E-state index contributed by atoms with van der Waals surface area (Å²) in [6.07, 6.45) is 12.0. The van der Waals surface area contributed by atoms with Crippen LogP contribution in [0.25, 0.3) is 0 Å². The maximum Gasteiger partial charge on any atom is 0.254 e. The average Bonchev–Trinajstić information content (AvgIpc) is 3.63. The molecule has 2 aliphatic heterocycles. The summed E-state index contributed by atoms with van der Waals surface area (Å²) in [6, 6.07) is 3.92. The van der Waals surface area contributed by atoms with Crippen molar-refractivity contribution in [1.29, 1.82) is 10.8 Å². The predicted octanol–water partition coefficient (Wildman–Crippen LogP) is 4.41. The molecule has 1 saturated carbocycles. The Morgan fingerprint density at radius 1 is 1.21 bits per heavy atom. The van der Waals surface area contributed by atoms with Crippen LogP contribution in [0.15, 0.2) is 35.9 Å². The molecule has 1 aromatic rings. The molecule has 0 bridgehead atoms.